The van der Waals surface area contributed by atoms with E-state index in [2.05, 4.69) is 22.1 Å². The van der Waals surface area contributed by atoms with E-state index in [9.17, 15) is 14.9 Å². The number of nitriles is 1. The summed E-state index contributed by atoms with van der Waals surface area (Å²) >= 11 is 0. The Labute approximate surface area is 148 Å². The van der Waals surface area contributed by atoms with Crippen molar-refractivity contribution in [3.8, 4) is 6.07 Å². The molecule has 0 fully saturated rings. The molecule has 136 valence electrons. The first-order chi connectivity index (χ1) is 11.9. The number of rotatable bonds is 9. The van der Waals surface area contributed by atoms with Gasteiger partial charge in [-0.2, -0.15) is 5.26 Å². The van der Waals surface area contributed by atoms with Crippen LogP contribution in [0.3, 0.4) is 0 Å². The summed E-state index contributed by atoms with van der Waals surface area (Å²) in [6.07, 6.45) is 2.57. The van der Waals surface area contributed by atoms with Crippen molar-refractivity contribution in [2.75, 3.05) is 26.8 Å². The van der Waals surface area contributed by atoms with Gasteiger partial charge < -0.3 is 19.9 Å². The van der Waals surface area contributed by atoms with Crippen molar-refractivity contribution in [3.05, 3.63) is 28.6 Å². The molecular formula is C18H26N4O3. The largest absolute Gasteiger partial charge is 0.383 e. The molecular weight excluding hydrogens is 320 g/mol. The van der Waals surface area contributed by atoms with Gasteiger partial charge in [0.2, 0.25) is 5.91 Å². The molecule has 2 N–H and O–H groups in total. The van der Waals surface area contributed by atoms with Crippen LogP contribution in [0.15, 0.2) is 11.6 Å². The van der Waals surface area contributed by atoms with E-state index in [0.717, 1.165) is 29.9 Å². The van der Waals surface area contributed by atoms with E-state index in [1.807, 2.05) is 26.0 Å². The van der Waals surface area contributed by atoms with E-state index in [0.29, 0.717) is 13.2 Å². The van der Waals surface area contributed by atoms with Crippen molar-refractivity contribution in [2.45, 2.75) is 33.7 Å². The van der Waals surface area contributed by atoms with Crippen LogP contribution in [-0.4, -0.2) is 43.2 Å². The van der Waals surface area contributed by atoms with E-state index in [4.69, 9.17) is 4.74 Å². The molecule has 0 radical (unpaired) electrons. The number of nitrogens with one attached hydrogen (secondary N) is 2. The lowest BCUT2D eigenvalue weighted by Gasteiger charge is -2.07. The van der Waals surface area contributed by atoms with E-state index in [-0.39, 0.29) is 18.0 Å². The number of hydrogen-bond acceptors (Lipinski definition) is 4. The highest BCUT2D eigenvalue weighted by Crippen LogP contribution is 2.18. The number of methoxy groups -OCH3 is 1. The van der Waals surface area contributed by atoms with Gasteiger partial charge in [-0.15, -0.1) is 0 Å². The molecule has 0 aromatic carbocycles. The second-order valence-corrected chi connectivity index (χ2v) is 5.67. The molecule has 1 heterocycles. The molecule has 1 aromatic heterocycles. The van der Waals surface area contributed by atoms with Crippen molar-refractivity contribution in [2.24, 2.45) is 0 Å². The topological polar surface area (TPSA) is 96.2 Å². The first-order valence-corrected chi connectivity index (χ1v) is 8.26. The van der Waals surface area contributed by atoms with Gasteiger partial charge in [0, 0.05) is 31.6 Å². The highest BCUT2D eigenvalue weighted by Gasteiger charge is 2.13. The van der Waals surface area contributed by atoms with Gasteiger partial charge in [0.25, 0.3) is 5.91 Å². The smallest absolute Gasteiger partial charge is 0.262 e. The molecule has 0 unspecified atom stereocenters. The number of nitrogens with zero attached hydrogens (tertiary/aromatic N) is 2. The summed E-state index contributed by atoms with van der Waals surface area (Å²) in [7, 11) is 1.54. The Morgan fingerprint density at radius 1 is 1.36 bits per heavy atom. The fourth-order valence-electron chi connectivity index (χ4n) is 2.46. The average molecular weight is 346 g/mol. The Kier molecular flexibility index (Phi) is 8.44. The third-order valence-electron chi connectivity index (χ3n) is 3.76. The normalized spacial score (nSPS) is 11.1. The Morgan fingerprint density at radius 3 is 2.68 bits per heavy atom. The predicted octanol–water partition coefficient (Wildman–Crippen LogP) is 1.30. The number of hydrogen-bond donors (Lipinski definition) is 2. The fraction of sp³-hybridized carbons (Fsp3) is 0.500. The first-order valence-electron chi connectivity index (χ1n) is 8.26. The third kappa shape index (κ3) is 6.08. The maximum Gasteiger partial charge on any atom is 0.262 e. The summed E-state index contributed by atoms with van der Waals surface area (Å²) in [4.78, 5) is 23.7. The molecule has 7 nitrogen and oxygen atoms in total. The number of aromatic nitrogens is 1. The minimum atomic E-state index is -0.565. The SMILES string of the molecule is CCCn1c(C)cc(/C=C(\C#N)C(=O)NCC(=O)NCCOC)c1C. The Morgan fingerprint density at radius 2 is 2.08 bits per heavy atom. The molecule has 0 bridgehead atoms. The summed E-state index contributed by atoms with van der Waals surface area (Å²) in [5.74, 6) is -0.895. The van der Waals surface area contributed by atoms with E-state index >= 15 is 0 Å². The van der Waals surface area contributed by atoms with Crippen LogP contribution in [0.25, 0.3) is 6.08 Å². The molecule has 0 spiro atoms. The van der Waals surface area contributed by atoms with Gasteiger partial charge in [0.15, 0.2) is 0 Å². The zero-order valence-corrected chi connectivity index (χ0v) is 15.3. The van der Waals surface area contributed by atoms with Crippen LogP contribution in [0.1, 0.15) is 30.3 Å². The van der Waals surface area contributed by atoms with Crippen LogP contribution in [-0.2, 0) is 20.9 Å². The van der Waals surface area contributed by atoms with Gasteiger partial charge >= 0.3 is 0 Å². The van der Waals surface area contributed by atoms with Crippen LogP contribution in [0.2, 0.25) is 0 Å². The number of amides is 2. The van der Waals surface area contributed by atoms with Gasteiger partial charge in [-0.3, -0.25) is 9.59 Å². The van der Waals surface area contributed by atoms with Crippen LogP contribution >= 0.6 is 0 Å². The van der Waals surface area contributed by atoms with Gasteiger partial charge in [-0.25, -0.2) is 0 Å². The molecule has 2 amide bonds. The summed E-state index contributed by atoms with van der Waals surface area (Å²) in [6.45, 7) is 7.53. The molecule has 1 rings (SSSR count). The lowest BCUT2D eigenvalue weighted by atomic mass is 10.1. The Balaban J connectivity index is 2.76. The lowest BCUT2D eigenvalue weighted by molar-refractivity contribution is -0.124. The van der Waals surface area contributed by atoms with Gasteiger partial charge in [-0.1, -0.05) is 6.92 Å². The molecule has 0 saturated carbocycles. The fourth-order valence-corrected chi connectivity index (χ4v) is 2.46. The predicted molar refractivity (Wildman–Crippen MR) is 95.7 cm³/mol. The molecule has 0 aliphatic rings. The van der Waals surface area contributed by atoms with Crippen LogP contribution in [0.4, 0.5) is 0 Å². The van der Waals surface area contributed by atoms with Crippen LogP contribution in [0.5, 0.6) is 0 Å². The molecule has 25 heavy (non-hydrogen) atoms. The Hall–Kier alpha value is -2.59. The lowest BCUT2D eigenvalue weighted by Crippen LogP contribution is -2.38. The molecule has 7 heteroatoms. The molecule has 0 atom stereocenters. The van der Waals surface area contributed by atoms with E-state index in [1.54, 1.807) is 6.08 Å². The number of aryl methyl sites for hydroxylation is 1. The van der Waals surface area contributed by atoms with Crippen LogP contribution < -0.4 is 10.6 Å². The second kappa shape index (κ2) is 10.3. The number of ether oxygens (including phenoxy) is 1. The van der Waals surface area contributed by atoms with Gasteiger partial charge in [0.05, 0.1) is 13.2 Å². The first kappa shape index (κ1) is 20.5. The summed E-state index contributed by atoms with van der Waals surface area (Å²) in [6, 6.07) is 3.85. The summed E-state index contributed by atoms with van der Waals surface area (Å²) in [5.41, 5.74) is 2.90. The minimum absolute atomic E-state index is 0.0264. The van der Waals surface area contributed by atoms with Crippen molar-refractivity contribution in [1.29, 1.82) is 5.26 Å². The minimum Gasteiger partial charge on any atom is -0.383 e. The van der Waals surface area contributed by atoms with Crippen LogP contribution in [0, 0.1) is 25.2 Å². The van der Waals surface area contributed by atoms with Crippen molar-refractivity contribution in [1.82, 2.24) is 15.2 Å². The maximum absolute atomic E-state index is 12.1. The molecule has 0 saturated heterocycles. The standard InChI is InChI=1S/C18H26N4O3/c1-5-7-22-13(2)9-15(14(22)3)10-16(11-19)18(24)21-12-17(23)20-6-8-25-4/h9-10H,5-8,12H2,1-4H3,(H,20,23)(H,21,24)/b16-10+. The van der Waals surface area contributed by atoms with Gasteiger partial charge in [-0.05, 0) is 38.0 Å². The maximum atomic E-state index is 12.1. The monoisotopic (exact) mass is 346 g/mol. The van der Waals surface area contributed by atoms with Crippen molar-refractivity contribution >= 4 is 17.9 Å². The highest BCUT2D eigenvalue weighted by molar-refractivity contribution is 6.03. The zero-order valence-electron chi connectivity index (χ0n) is 15.3. The van der Waals surface area contributed by atoms with E-state index < -0.39 is 5.91 Å². The second-order valence-electron chi connectivity index (χ2n) is 5.67. The molecule has 0 aliphatic carbocycles. The molecule has 0 aliphatic heterocycles. The number of carbonyl (C=O) groups excluding carboxylic acids is 2. The highest BCUT2D eigenvalue weighted by atomic mass is 16.5. The number of carbonyl (C=O) groups is 2. The zero-order chi connectivity index (χ0) is 18.8. The quantitative estimate of drug-likeness (QED) is 0.400. The van der Waals surface area contributed by atoms with Gasteiger partial charge in [0.1, 0.15) is 11.6 Å². The van der Waals surface area contributed by atoms with Crippen molar-refractivity contribution in [3.63, 3.8) is 0 Å². The average Bonchev–Trinajstić information content (AvgIpc) is 2.85. The van der Waals surface area contributed by atoms with Crippen molar-refractivity contribution < 1.29 is 14.3 Å². The van der Waals surface area contributed by atoms with E-state index in [1.165, 1.54) is 7.11 Å². The third-order valence-corrected chi connectivity index (χ3v) is 3.76. The summed E-state index contributed by atoms with van der Waals surface area (Å²) in [5, 5.41) is 14.3. The molecule has 1 aromatic rings. The summed E-state index contributed by atoms with van der Waals surface area (Å²) < 4.78 is 6.98. The Bertz CT molecular complexity index is 683.